The second-order valence-corrected chi connectivity index (χ2v) is 8.63. The first-order valence-electron chi connectivity index (χ1n) is 9.65. The normalized spacial score (nSPS) is 18.2. The van der Waals surface area contributed by atoms with Crippen molar-refractivity contribution >= 4 is 39.6 Å². The SMILES string of the molecule is CCCN1CCC(NC(=S)Nc2sc3c(c2C(=O)OC)CCCC3)CC1. The van der Waals surface area contributed by atoms with Crippen molar-refractivity contribution in [2.45, 2.75) is 57.9 Å². The summed E-state index contributed by atoms with van der Waals surface area (Å²) < 4.78 is 5.03. The van der Waals surface area contributed by atoms with Crippen molar-refractivity contribution in [3.63, 3.8) is 0 Å². The molecule has 0 unspecified atom stereocenters. The fourth-order valence-corrected chi connectivity index (χ4v) is 5.53. The Hall–Kier alpha value is -1.18. The predicted molar refractivity (Wildman–Crippen MR) is 111 cm³/mol. The number of hydrogen-bond acceptors (Lipinski definition) is 5. The van der Waals surface area contributed by atoms with Crippen LogP contribution in [-0.4, -0.2) is 48.8 Å². The fraction of sp³-hybridized carbons (Fsp3) is 0.684. The smallest absolute Gasteiger partial charge is 0.341 e. The van der Waals surface area contributed by atoms with Crippen LogP contribution >= 0.6 is 23.6 Å². The number of likely N-dealkylation sites (tertiary alicyclic amines) is 1. The second-order valence-electron chi connectivity index (χ2n) is 7.12. The van der Waals surface area contributed by atoms with Gasteiger partial charge in [-0.25, -0.2) is 4.79 Å². The lowest BCUT2D eigenvalue weighted by Gasteiger charge is -2.32. The zero-order chi connectivity index (χ0) is 18.5. The van der Waals surface area contributed by atoms with E-state index < -0.39 is 0 Å². The minimum Gasteiger partial charge on any atom is -0.465 e. The molecule has 1 aliphatic carbocycles. The van der Waals surface area contributed by atoms with E-state index in [9.17, 15) is 4.79 Å². The molecule has 144 valence electrons. The summed E-state index contributed by atoms with van der Waals surface area (Å²) in [7, 11) is 1.44. The van der Waals surface area contributed by atoms with E-state index in [-0.39, 0.29) is 5.97 Å². The van der Waals surface area contributed by atoms with Crippen molar-refractivity contribution in [1.82, 2.24) is 10.2 Å². The topological polar surface area (TPSA) is 53.6 Å². The van der Waals surface area contributed by atoms with Gasteiger partial charge in [-0.1, -0.05) is 6.92 Å². The van der Waals surface area contributed by atoms with E-state index in [1.165, 1.54) is 31.4 Å². The van der Waals surface area contributed by atoms with Gasteiger partial charge in [0, 0.05) is 24.0 Å². The molecule has 1 aliphatic heterocycles. The molecule has 2 aliphatic rings. The summed E-state index contributed by atoms with van der Waals surface area (Å²) in [6, 6.07) is 0.402. The van der Waals surface area contributed by atoms with Crippen molar-refractivity contribution in [2.75, 3.05) is 32.1 Å². The Morgan fingerprint density at radius 1 is 1.31 bits per heavy atom. The highest BCUT2D eigenvalue weighted by Gasteiger charge is 2.27. The number of piperidine rings is 1. The highest BCUT2D eigenvalue weighted by atomic mass is 32.1. The van der Waals surface area contributed by atoms with Gasteiger partial charge in [0.2, 0.25) is 0 Å². The number of esters is 1. The largest absolute Gasteiger partial charge is 0.465 e. The van der Waals surface area contributed by atoms with Crippen LogP contribution in [0, 0.1) is 0 Å². The number of thiophene rings is 1. The van der Waals surface area contributed by atoms with Crippen molar-refractivity contribution < 1.29 is 9.53 Å². The maximum atomic E-state index is 12.3. The molecule has 0 aromatic carbocycles. The third-order valence-corrected chi connectivity index (χ3v) is 6.68. The van der Waals surface area contributed by atoms with Gasteiger partial charge in [-0.05, 0) is 69.3 Å². The van der Waals surface area contributed by atoms with E-state index in [0.717, 1.165) is 55.8 Å². The number of aryl methyl sites for hydroxylation is 1. The van der Waals surface area contributed by atoms with Crippen LogP contribution in [0.25, 0.3) is 0 Å². The van der Waals surface area contributed by atoms with Crippen molar-refractivity contribution in [3.05, 3.63) is 16.0 Å². The molecular formula is C19H29N3O2S2. The molecule has 1 saturated heterocycles. The lowest BCUT2D eigenvalue weighted by molar-refractivity contribution is 0.0601. The lowest BCUT2D eigenvalue weighted by Crippen LogP contribution is -2.46. The summed E-state index contributed by atoms with van der Waals surface area (Å²) in [5.41, 5.74) is 1.85. The zero-order valence-corrected chi connectivity index (χ0v) is 17.4. The van der Waals surface area contributed by atoms with Crippen LogP contribution in [0.3, 0.4) is 0 Å². The van der Waals surface area contributed by atoms with Gasteiger partial charge in [-0.15, -0.1) is 11.3 Å². The van der Waals surface area contributed by atoms with E-state index >= 15 is 0 Å². The molecule has 26 heavy (non-hydrogen) atoms. The van der Waals surface area contributed by atoms with Crippen LogP contribution in [0.2, 0.25) is 0 Å². The standard InChI is InChI=1S/C19H29N3O2S2/c1-3-10-22-11-8-13(9-12-22)20-19(25)21-17-16(18(23)24-2)14-6-4-5-7-15(14)26-17/h13H,3-12H2,1-2H3,(H2,20,21,25). The summed E-state index contributed by atoms with van der Waals surface area (Å²) in [6.45, 7) is 5.64. The number of nitrogens with zero attached hydrogens (tertiary/aromatic N) is 1. The summed E-state index contributed by atoms with van der Waals surface area (Å²) in [6.07, 6.45) is 7.73. The van der Waals surface area contributed by atoms with Crippen LogP contribution in [0.15, 0.2) is 0 Å². The van der Waals surface area contributed by atoms with Crippen LogP contribution in [-0.2, 0) is 17.6 Å². The predicted octanol–water partition coefficient (Wildman–Crippen LogP) is 3.57. The number of carbonyl (C=O) groups is 1. The highest BCUT2D eigenvalue weighted by molar-refractivity contribution is 7.80. The van der Waals surface area contributed by atoms with Gasteiger partial charge in [-0.3, -0.25) is 0 Å². The summed E-state index contributed by atoms with van der Waals surface area (Å²) in [5, 5.41) is 8.19. The number of fused-ring (bicyclic) bond motifs is 1. The summed E-state index contributed by atoms with van der Waals surface area (Å²) in [5.74, 6) is -0.262. The number of rotatable bonds is 5. The molecule has 0 spiro atoms. The Kier molecular flexibility index (Phi) is 6.89. The number of nitrogens with one attached hydrogen (secondary N) is 2. The molecule has 2 heterocycles. The first-order chi connectivity index (χ1) is 12.6. The average Bonchev–Trinajstić information content (AvgIpc) is 3.00. The molecule has 1 aromatic rings. The second kappa shape index (κ2) is 9.15. The van der Waals surface area contributed by atoms with Gasteiger partial charge in [-0.2, -0.15) is 0 Å². The number of hydrogen-bond donors (Lipinski definition) is 2. The van der Waals surface area contributed by atoms with Gasteiger partial charge >= 0.3 is 5.97 Å². The van der Waals surface area contributed by atoms with Gasteiger partial charge in [0.25, 0.3) is 0 Å². The molecule has 7 heteroatoms. The molecule has 1 aromatic heterocycles. The number of ether oxygens (including phenoxy) is 1. The Labute approximate surface area is 165 Å². The monoisotopic (exact) mass is 395 g/mol. The minimum atomic E-state index is -0.262. The molecule has 5 nitrogen and oxygen atoms in total. The van der Waals surface area contributed by atoms with E-state index in [4.69, 9.17) is 17.0 Å². The fourth-order valence-electron chi connectivity index (χ4n) is 3.91. The molecule has 0 amide bonds. The summed E-state index contributed by atoms with van der Waals surface area (Å²) >= 11 is 7.19. The first kappa shape index (κ1) is 19.6. The van der Waals surface area contributed by atoms with E-state index in [1.54, 1.807) is 11.3 Å². The third-order valence-electron chi connectivity index (χ3n) is 5.25. The molecule has 0 bridgehead atoms. The van der Waals surface area contributed by atoms with Crippen LogP contribution < -0.4 is 10.6 Å². The van der Waals surface area contributed by atoms with Crippen molar-refractivity contribution in [1.29, 1.82) is 0 Å². The lowest BCUT2D eigenvalue weighted by atomic mass is 9.95. The van der Waals surface area contributed by atoms with Gasteiger partial charge in [0.05, 0.1) is 12.7 Å². The number of methoxy groups -OCH3 is 1. The van der Waals surface area contributed by atoms with E-state index in [1.807, 2.05) is 0 Å². The molecule has 0 saturated carbocycles. The van der Waals surface area contributed by atoms with Crippen molar-refractivity contribution in [3.8, 4) is 0 Å². The Bertz CT molecular complexity index is 651. The van der Waals surface area contributed by atoms with Crippen LogP contribution in [0.5, 0.6) is 0 Å². The quantitative estimate of drug-likeness (QED) is 0.587. The van der Waals surface area contributed by atoms with Gasteiger partial charge in [0.1, 0.15) is 5.00 Å². The average molecular weight is 396 g/mol. The van der Waals surface area contributed by atoms with E-state index in [0.29, 0.717) is 16.7 Å². The molecule has 0 radical (unpaired) electrons. The molecule has 0 atom stereocenters. The highest BCUT2D eigenvalue weighted by Crippen LogP contribution is 2.38. The number of thiocarbonyl (C=S) groups is 1. The first-order valence-corrected chi connectivity index (χ1v) is 10.9. The van der Waals surface area contributed by atoms with Crippen molar-refractivity contribution in [2.24, 2.45) is 0 Å². The molecule has 3 rings (SSSR count). The number of anilines is 1. The van der Waals surface area contributed by atoms with Crippen LogP contribution in [0.1, 0.15) is 59.8 Å². The number of carbonyl (C=O) groups excluding carboxylic acids is 1. The summed E-state index contributed by atoms with van der Waals surface area (Å²) in [4.78, 5) is 16.1. The zero-order valence-electron chi connectivity index (χ0n) is 15.7. The Morgan fingerprint density at radius 3 is 2.73 bits per heavy atom. The maximum absolute atomic E-state index is 12.3. The van der Waals surface area contributed by atoms with Gasteiger partial charge in [0.15, 0.2) is 5.11 Å². The molecular weight excluding hydrogens is 366 g/mol. The minimum absolute atomic E-state index is 0.262. The van der Waals surface area contributed by atoms with Gasteiger partial charge < -0.3 is 20.3 Å². The Morgan fingerprint density at radius 2 is 2.04 bits per heavy atom. The molecule has 2 N–H and O–H groups in total. The van der Waals surface area contributed by atoms with E-state index in [2.05, 4.69) is 22.5 Å². The maximum Gasteiger partial charge on any atom is 0.341 e. The Balaban J connectivity index is 1.62. The third kappa shape index (κ3) is 4.56. The molecule has 1 fully saturated rings. The van der Waals surface area contributed by atoms with Crippen LogP contribution in [0.4, 0.5) is 5.00 Å².